The summed E-state index contributed by atoms with van der Waals surface area (Å²) in [5.74, 6) is -0.778. The van der Waals surface area contributed by atoms with Gasteiger partial charge in [-0.3, -0.25) is 14.5 Å². The second-order valence-corrected chi connectivity index (χ2v) is 17.1. The molecule has 0 bridgehead atoms. The molecule has 3 aromatic carbocycles. The molecular formula is C46H62ClN3O11. The van der Waals surface area contributed by atoms with Gasteiger partial charge >= 0.3 is 12.1 Å². The van der Waals surface area contributed by atoms with Crippen LogP contribution in [-0.4, -0.2) is 123 Å². The topological polar surface area (TPSA) is 144 Å². The molecule has 2 amide bonds. The number of anilines is 2. The highest BCUT2D eigenvalue weighted by Gasteiger charge is 2.46. The van der Waals surface area contributed by atoms with Gasteiger partial charge in [0.05, 0.1) is 91.5 Å². The van der Waals surface area contributed by atoms with Crippen molar-refractivity contribution in [2.24, 2.45) is 0 Å². The quantitative estimate of drug-likeness (QED) is 0.0862. The van der Waals surface area contributed by atoms with Crippen molar-refractivity contribution in [3.05, 3.63) is 87.9 Å². The van der Waals surface area contributed by atoms with Crippen molar-refractivity contribution in [1.82, 2.24) is 5.32 Å². The van der Waals surface area contributed by atoms with E-state index in [0.29, 0.717) is 120 Å². The van der Waals surface area contributed by atoms with Crippen molar-refractivity contribution in [3.63, 3.8) is 0 Å². The van der Waals surface area contributed by atoms with Crippen molar-refractivity contribution in [3.8, 4) is 5.75 Å². The van der Waals surface area contributed by atoms with E-state index in [1.165, 1.54) is 7.11 Å². The van der Waals surface area contributed by atoms with E-state index in [1.54, 1.807) is 17.0 Å². The van der Waals surface area contributed by atoms with E-state index in [2.05, 4.69) is 31.0 Å². The molecule has 0 aromatic heterocycles. The van der Waals surface area contributed by atoms with Crippen molar-refractivity contribution >= 4 is 40.9 Å². The van der Waals surface area contributed by atoms with Gasteiger partial charge in [0.15, 0.2) is 0 Å². The normalized spacial score (nSPS) is 16.4. The third-order valence-electron chi connectivity index (χ3n) is 10.0. The molecule has 0 saturated heterocycles. The van der Waals surface area contributed by atoms with E-state index in [9.17, 15) is 14.4 Å². The van der Waals surface area contributed by atoms with Crippen molar-refractivity contribution in [1.29, 1.82) is 0 Å². The highest BCUT2D eigenvalue weighted by Crippen LogP contribution is 2.48. The number of methoxy groups -OCH3 is 1. The van der Waals surface area contributed by atoms with Crippen molar-refractivity contribution < 1.29 is 52.3 Å². The first kappa shape index (κ1) is 47.6. The van der Waals surface area contributed by atoms with Crippen LogP contribution in [0.25, 0.3) is 0 Å². The van der Waals surface area contributed by atoms with E-state index < -0.39 is 29.6 Å². The number of hydrogen-bond donors (Lipinski definition) is 1. The van der Waals surface area contributed by atoms with Crippen LogP contribution in [0.4, 0.5) is 16.2 Å². The summed E-state index contributed by atoms with van der Waals surface area (Å²) in [6.45, 7) is 18.0. The molecule has 334 valence electrons. The molecule has 2 aliphatic heterocycles. The van der Waals surface area contributed by atoms with E-state index in [-0.39, 0.29) is 11.3 Å². The SMILES string of the molecule is COC(=O)[C@H]1c2ccccc2C(=O)N(c2ccc(C(C)(C)C)c(Cl)c2)[C@@H]1c1ccc2c(c1)N(CCOCCOCCOCCOCCOCCNC(=O)OC(C)(C)C)CCO2. The van der Waals surface area contributed by atoms with E-state index in [4.69, 9.17) is 49.5 Å². The van der Waals surface area contributed by atoms with E-state index in [1.807, 2.05) is 69.3 Å². The Hall–Kier alpha value is -4.44. The molecule has 1 N–H and O–H groups in total. The van der Waals surface area contributed by atoms with Gasteiger partial charge in [-0.15, -0.1) is 0 Å². The highest BCUT2D eigenvalue weighted by molar-refractivity contribution is 6.32. The number of hydrogen-bond acceptors (Lipinski definition) is 12. The first-order valence-electron chi connectivity index (χ1n) is 20.9. The number of esters is 1. The smallest absolute Gasteiger partial charge is 0.407 e. The monoisotopic (exact) mass is 867 g/mol. The maximum Gasteiger partial charge on any atom is 0.407 e. The Labute approximate surface area is 365 Å². The van der Waals surface area contributed by atoms with Gasteiger partial charge in [-0.2, -0.15) is 0 Å². The van der Waals surface area contributed by atoms with Crippen LogP contribution in [0.3, 0.4) is 0 Å². The Morgan fingerprint density at radius 1 is 0.803 bits per heavy atom. The minimum atomic E-state index is -0.809. The van der Waals surface area contributed by atoms with Crippen molar-refractivity contribution in [2.45, 2.75) is 64.5 Å². The molecule has 14 nitrogen and oxygen atoms in total. The molecule has 2 heterocycles. The molecule has 3 aromatic rings. The number of benzene rings is 3. The fourth-order valence-corrected chi connectivity index (χ4v) is 7.66. The van der Waals surface area contributed by atoms with Crippen molar-refractivity contribution in [2.75, 3.05) is 109 Å². The second-order valence-electron chi connectivity index (χ2n) is 16.7. The standard InChI is InChI=1S/C46H62ClN3O11/c1-45(2,3)36-14-13-33(31-37(36)47)50-41(40(43(52)54-7)34-10-8-9-11-35(34)42(50)51)32-12-15-39-38(30-32)49(18-21-60-39)17-20-56-23-25-58-27-29-59-28-26-57-24-22-55-19-16-48-44(53)61-46(4,5)6/h8-15,30-31,40-41H,16-29H2,1-7H3,(H,48,53)/t40-,41+/m0/s1. The Morgan fingerprint density at radius 3 is 2.03 bits per heavy atom. The van der Waals surface area contributed by atoms with Gasteiger partial charge < -0.3 is 48.1 Å². The van der Waals surface area contributed by atoms with Crippen LogP contribution in [-0.2, 0) is 43.4 Å². The van der Waals surface area contributed by atoms with E-state index in [0.717, 1.165) is 16.8 Å². The summed E-state index contributed by atoms with van der Waals surface area (Å²) < 4.78 is 44.8. The molecule has 0 radical (unpaired) electrons. The number of alkyl carbamates (subject to hydrolysis) is 1. The summed E-state index contributed by atoms with van der Waals surface area (Å²) in [6.07, 6.45) is -0.466. The van der Waals surface area contributed by atoms with E-state index >= 15 is 0 Å². The Kier molecular flexibility index (Phi) is 17.6. The molecule has 0 unspecified atom stereocenters. The number of nitrogens with one attached hydrogen (secondary N) is 1. The number of fused-ring (bicyclic) bond motifs is 2. The molecule has 0 aliphatic carbocycles. The van der Waals surface area contributed by atoms with Crippen LogP contribution in [0.2, 0.25) is 5.02 Å². The predicted octanol–water partition coefficient (Wildman–Crippen LogP) is 7.10. The van der Waals surface area contributed by atoms with Gasteiger partial charge in [0, 0.05) is 29.4 Å². The molecule has 15 heteroatoms. The molecule has 0 fully saturated rings. The number of amides is 2. The third kappa shape index (κ3) is 13.5. The zero-order chi connectivity index (χ0) is 44.0. The average molecular weight is 868 g/mol. The fraction of sp³-hybridized carbons (Fsp3) is 0.543. The van der Waals surface area contributed by atoms with Gasteiger partial charge in [-0.1, -0.05) is 62.7 Å². The molecule has 61 heavy (non-hydrogen) atoms. The molecular weight excluding hydrogens is 806 g/mol. The zero-order valence-electron chi connectivity index (χ0n) is 36.6. The summed E-state index contributed by atoms with van der Waals surface area (Å²) in [6, 6.07) is 18.0. The van der Waals surface area contributed by atoms with Crippen LogP contribution in [0, 0.1) is 0 Å². The number of nitrogens with zero attached hydrogens (tertiary/aromatic N) is 2. The molecule has 0 saturated carbocycles. The fourth-order valence-electron chi connectivity index (χ4n) is 7.20. The van der Waals surface area contributed by atoms with Gasteiger partial charge in [0.1, 0.15) is 23.9 Å². The minimum absolute atomic E-state index is 0.211. The Bertz CT molecular complexity index is 1910. The van der Waals surface area contributed by atoms with Gasteiger partial charge in [-0.25, -0.2) is 4.79 Å². The maximum absolute atomic E-state index is 14.5. The largest absolute Gasteiger partial charge is 0.490 e. The summed E-state index contributed by atoms with van der Waals surface area (Å²) >= 11 is 6.88. The third-order valence-corrected chi connectivity index (χ3v) is 10.3. The summed E-state index contributed by atoms with van der Waals surface area (Å²) in [4.78, 5) is 43.7. The lowest BCUT2D eigenvalue weighted by Crippen LogP contribution is -2.45. The maximum atomic E-state index is 14.5. The molecule has 2 aliphatic rings. The van der Waals surface area contributed by atoms with Crippen LogP contribution in [0.5, 0.6) is 5.75 Å². The molecule has 2 atom stereocenters. The first-order valence-corrected chi connectivity index (χ1v) is 21.2. The molecule has 5 rings (SSSR count). The van der Waals surface area contributed by atoms with Gasteiger partial charge in [0.25, 0.3) is 5.91 Å². The molecule has 0 spiro atoms. The lowest BCUT2D eigenvalue weighted by atomic mass is 9.79. The van der Waals surface area contributed by atoms with Gasteiger partial charge in [-0.05, 0) is 73.2 Å². The lowest BCUT2D eigenvalue weighted by molar-refractivity contribution is -0.143. The van der Waals surface area contributed by atoms with Crippen LogP contribution in [0.1, 0.15) is 80.6 Å². The number of carbonyl (C=O) groups excluding carboxylic acids is 3. The Morgan fingerprint density at radius 2 is 1.43 bits per heavy atom. The summed E-state index contributed by atoms with van der Waals surface area (Å²) in [5, 5.41) is 3.18. The highest BCUT2D eigenvalue weighted by atomic mass is 35.5. The van der Waals surface area contributed by atoms with Crippen LogP contribution in [0.15, 0.2) is 60.7 Å². The lowest BCUT2D eigenvalue weighted by Gasteiger charge is -2.42. The Balaban J connectivity index is 1.09. The van der Waals surface area contributed by atoms with Crippen LogP contribution >= 0.6 is 11.6 Å². The summed E-state index contributed by atoms with van der Waals surface area (Å²) in [5.41, 5.74) is 3.44. The summed E-state index contributed by atoms with van der Waals surface area (Å²) in [7, 11) is 1.37. The first-order chi connectivity index (χ1) is 29.2. The van der Waals surface area contributed by atoms with Crippen LogP contribution < -0.4 is 19.9 Å². The number of rotatable bonds is 21. The number of halogens is 1. The zero-order valence-corrected chi connectivity index (χ0v) is 37.3. The number of carbonyl (C=O) groups is 3. The predicted molar refractivity (Wildman–Crippen MR) is 233 cm³/mol. The average Bonchev–Trinajstić information content (AvgIpc) is 3.21. The second kappa shape index (κ2) is 22.6. The minimum Gasteiger partial charge on any atom is -0.490 e. The van der Waals surface area contributed by atoms with Gasteiger partial charge in [0.2, 0.25) is 0 Å². The number of ether oxygens (including phenoxy) is 8.